The van der Waals surface area contributed by atoms with Gasteiger partial charge in [-0.05, 0) is 72.8 Å². The molecule has 2 aliphatic rings. The van der Waals surface area contributed by atoms with E-state index in [0.29, 0.717) is 0 Å². The summed E-state index contributed by atoms with van der Waals surface area (Å²) in [5.74, 6) is 0.843. The molecule has 0 radical (unpaired) electrons. The Morgan fingerprint density at radius 3 is 1.16 bits per heavy atom. The van der Waals surface area contributed by atoms with E-state index in [0.717, 1.165) is 62.3 Å². The highest BCUT2D eigenvalue weighted by molar-refractivity contribution is 6.14. The molecule has 11 aromatic rings. The molecule has 5 heterocycles. The summed E-state index contributed by atoms with van der Waals surface area (Å²) in [5.41, 5.74) is 19.4. The van der Waals surface area contributed by atoms with Crippen LogP contribution in [0.3, 0.4) is 0 Å². The quantitative estimate of drug-likeness (QED) is 0.178. The molecule has 8 aromatic carbocycles. The second kappa shape index (κ2) is 13.6. The average molecular weight is 792 g/mol. The van der Waals surface area contributed by atoms with Crippen LogP contribution in [0.2, 0.25) is 0 Å². The molecule has 0 amide bonds. The number of fused-ring (bicyclic) bond motifs is 14. The first-order chi connectivity index (χ1) is 30.8. The van der Waals surface area contributed by atoms with Gasteiger partial charge in [-0.3, -0.25) is 4.90 Å². The monoisotopic (exact) mass is 791 g/mol. The zero-order chi connectivity index (χ0) is 40.7. The lowest BCUT2D eigenvalue weighted by molar-refractivity contribution is 1.13. The lowest BCUT2D eigenvalue weighted by atomic mass is 9.98. The van der Waals surface area contributed by atoms with Crippen LogP contribution >= 0.6 is 0 Å². The van der Waals surface area contributed by atoms with Crippen molar-refractivity contribution in [2.45, 2.75) is 0 Å². The van der Waals surface area contributed by atoms with E-state index in [1.54, 1.807) is 0 Å². The van der Waals surface area contributed by atoms with E-state index in [1.165, 1.54) is 49.9 Å². The zero-order valence-corrected chi connectivity index (χ0v) is 33.6. The topological polar surface area (TPSA) is 29.2 Å². The maximum atomic E-state index is 5.41. The maximum Gasteiger partial charge on any atom is 0.137 e. The second-order valence-corrected chi connectivity index (χ2v) is 15.9. The van der Waals surface area contributed by atoms with E-state index in [-0.39, 0.29) is 0 Å². The summed E-state index contributed by atoms with van der Waals surface area (Å²) in [7, 11) is 0. The van der Waals surface area contributed by atoms with Gasteiger partial charge in [0, 0.05) is 55.5 Å². The van der Waals surface area contributed by atoms with Gasteiger partial charge < -0.3 is 14.0 Å². The Labute approximate surface area is 359 Å². The molecule has 13 rings (SSSR count). The number of benzene rings is 8. The molecule has 0 N–H and O–H groups in total. The summed E-state index contributed by atoms with van der Waals surface area (Å²) in [6.07, 6.45) is 2.05. The number of pyridine rings is 1. The Hall–Kier alpha value is -8.41. The molecule has 2 aliphatic heterocycles. The van der Waals surface area contributed by atoms with E-state index in [4.69, 9.17) is 4.98 Å². The van der Waals surface area contributed by atoms with Crippen molar-refractivity contribution < 1.29 is 0 Å². The van der Waals surface area contributed by atoms with E-state index in [1.807, 2.05) is 6.20 Å². The predicted molar refractivity (Wildman–Crippen MR) is 256 cm³/mol. The maximum absolute atomic E-state index is 5.41. The molecule has 0 saturated carbocycles. The molecule has 62 heavy (non-hydrogen) atoms. The van der Waals surface area contributed by atoms with Crippen LogP contribution < -0.4 is 9.80 Å². The summed E-state index contributed by atoms with van der Waals surface area (Å²) >= 11 is 0. The lowest BCUT2D eigenvalue weighted by Crippen LogP contribution is -2.15. The van der Waals surface area contributed by atoms with Crippen LogP contribution in [0.25, 0.3) is 77.9 Å². The van der Waals surface area contributed by atoms with Crippen molar-refractivity contribution in [1.29, 1.82) is 0 Å². The third kappa shape index (κ3) is 4.93. The summed E-state index contributed by atoms with van der Waals surface area (Å²) in [6, 6.07) is 78.6. The van der Waals surface area contributed by atoms with Crippen molar-refractivity contribution in [3.05, 3.63) is 225 Å². The van der Waals surface area contributed by atoms with Crippen molar-refractivity contribution >= 4 is 56.1 Å². The highest BCUT2D eigenvalue weighted by atomic mass is 15.2. The van der Waals surface area contributed by atoms with Gasteiger partial charge in [0.25, 0.3) is 0 Å². The fourth-order valence-electron chi connectivity index (χ4n) is 10.2. The van der Waals surface area contributed by atoms with Crippen LogP contribution in [0.4, 0.5) is 34.3 Å². The number of hydrogen-bond acceptors (Lipinski definition) is 3. The number of nitrogens with zero attached hydrogens (tertiary/aromatic N) is 5. The number of hydrogen-bond donors (Lipinski definition) is 0. The molecule has 0 fully saturated rings. The first-order valence-electron chi connectivity index (χ1n) is 21.1. The van der Waals surface area contributed by atoms with Crippen LogP contribution in [0.1, 0.15) is 0 Å². The van der Waals surface area contributed by atoms with Gasteiger partial charge in [-0.2, -0.15) is 0 Å². The molecule has 0 saturated heterocycles. The SMILES string of the molecule is c1ccc(-n2c3c(c4ccccc42)-c2ccccc2N(c2ccc(N4c5ccccc5-c5c(n(-c6ccccc6)c6ccccc56)-c5ccccc54)nc2)c2ccccc2-3)cc1. The number of rotatable bonds is 4. The van der Waals surface area contributed by atoms with Crippen LogP contribution in [-0.2, 0) is 0 Å². The fourth-order valence-corrected chi connectivity index (χ4v) is 10.2. The van der Waals surface area contributed by atoms with Gasteiger partial charge in [-0.1, -0.05) is 146 Å². The molecule has 0 unspecified atom stereocenters. The van der Waals surface area contributed by atoms with Gasteiger partial charge in [0.05, 0.1) is 57.1 Å². The summed E-state index contributed by atoms with van der Waals surface area (Å²) < 4.78 is 4.86. The largest absolute Gasteiger partial charge is 0.309 e. The zero-order valence-electron chi connectivity index (χ0n) is 33.6. The first kappa shape index (κ1) is 34.5. The third-order valence-corrected chi connectivity index (χ3v) is 12.6. The van der Waals surface area contributed by atoms with Crippen LogP contribution in [0.15, 0.2) is 225 Å². The van der Waals surface area contributed by atoms with Gasteiger partial charge in [-0.15, -0.1) is 0 Å². The summed E-state index contributed by atoms with van der Waals surface area (Å²) in [5, 5.41) is 2.43. The van der Waals surface area contributed by atoms with Crippen molar-refractivity contribution in [1.82, 2.24) is 14.1 Å². The molecule has 5 nitrogen and oxygen atoms in total. The Morgan fingerprint density at radius 2 is 0.677 bits per heavy atom. The van der Waals surface area contributed by atoms with Crippen molar-refractivity contribution in [3.8, 4) is 56.1 Å². The highest BCUT2D eigenvalue weighted by Crippen LogP contribution is 2.56. The summed E-state index contributed by atoms with van der Waals surface area (Å²) in [6.45, 7) is 0. The minimum atomic E-state index is 0.843. The molecule has 5 heteroatoms. The Bertz CT molecular complexity index is 3290. The number of anilines is 6. The molecular weight excluding hydrogens is 755 g/mol. The molecule has 3 aromatic heterocycles. The van der Waals surface area contributed by atoms with E-state index in [9.17, 15) is 0 Å². The molecule has 0 bridgehead atoms. The molecule has 0 spiro atoms. The lowest BCUT2D eigenvalue weighted by Gasteiger charge is -2.29. The Morgan fingerprint density at radius 1 is 0.290 bits per heavy atom. The molecule has 290 valence electrons. The Kier molecular flexibility index (Phi) is 7.54. The van der Waals surface area contributed by atoms with Gasteiger partial charge >= 0.3 is 0 Å². The third-order valence-electron chi connectivity index (χ3n) is 12.6. The molecule has 0 aliphatic carbocycles. The van der Waals surface area contributed by atoms with Gasteiger partial charge in [0.1, 0.15) is 5.82 Å². The van der Waals surface area contributed by atoms with Crippen molar-refractivity contribution in [2.24, 2.45) is 0 Å². The first-order valence-corrected chi connectivity index (χ1v) is 21.1. The Balaban J connectivity index is 1.02. The fraction of sp³-hybridized carbons (Fsp3) is 0. The van der Waals surface area contributed by atoms with Gasteiger partial charge in [0.2, 0.25) is 0 Å². The number of aromatic nitrogens is 3. The van der Waals surface area contributed by atoms with E-state index >= 15 is 0 Å². The highest BCUT2D eigenvalue weighted by Gasteiger charge is 2.34. The van der Waals surface area contributed by atoms with Crippen LogP contribution in [0.5, 0.6) is 0 Å². The molecular formula is C57H37N5. The minimum absolute atomic E-state index is 0.843. The van der Waals surface area contributed by atoms with Gasteiger partial charge in [-0.25, -0.2) is 4.98 Å². The normalized spacial score (nSPS) is 12.5. The smallest absolute Gasteiger partial charge is 0.137 e. The number of para-hydroxylation sites is 8. The van der Waals surface area contributed by atoms with Crippen molar-refractivity contribution in [3.63, 3.8) is 0 Å². The van der Waals surface area contributed by atoms with Crippen LogP contribution in [0, 0.1) is 0 Å². The average Bonchev–Trinajstić information content (AvgIpc) is 3.79. The predicted octanol–water partition coefficient (Wildman–Crippen LogP) is 15.2. The van der Waals surface area contributed by atoms with Crippen LogP contribution in [-0.4, -0.2) is 14.1 Å². The summed E-state index contributed by atoms with van der Waals surface area (Å²) in [4.78, 5) is 10.1. The molecule has 0 atom stereocenters. The van der Waals surface area contributed by atoms with Gasteiger partial charge in [0.15, 0.2) is 0 Å². The van der Waals surface area contributed by atoms with Crippen molar-refractivity contribution in [2.75, 3.05) is 9.80 Å². The second-order valence-electron chi connectivity index (χ2n) is 15.9. The standard InChI is InChI=1S/C57H37N5/c1-3-19-38(20-4-1)60-48-30-14-8-24-42(48)54-41-23-7-13-29-47(41)59(51-33-17-11-27-45(51)56(54)60)40-35-36-53(58-37-40)62-50-32-16-10-26-44(50)55-43-25-9-15-31-49(43)61(39-21-5-2-6-22-39)57(55)46-28-12-18-34-52(46)62/h1-37H. The van der Waals surface area contributed by atoms with E-state index < -0.39 is 0 Å². The van der Waals surface area contributed by atoms with E-state index in [2.05, 4.69) is 237 Å². The minimum Gasteiger partial charge on any atom is -0.309 e.